The van der Waals surface area contributed by atoms with Gasteiger partial charge in [-0.25, -0.2) is 9.38 Å². The molecular formula is C18H26FIN6. The highest BCUT2D eigenvalue weighted by molar-refractivity contribution is 14.0. The van der Waals surface area contributed by atoms with Crippen molar-refractivity contribution in [2.75, 3.05) is 13.1 Å². The van der Waals surface area contributed by atoms with Gasteiger partial charge in [0.1, 0.15) is 18.2 Å². The minimum Gasteiger partial charge on any atom is -0.356 e. The van der Waals surface area contributed by atoms with Crippen LogP contribution < -0.4 is 10.6 Å². The summed E-state index contributed by atoms with van der Waals surface area (Å²) in [6, 6.07) is 4.86. The van der Waals surface area contributed by atoms with E-state index in [-0.39, 0.29) is 29.8 Å². The lowest BCUT2D eigenvalue weighted by Gasteiger charge is -2.12. The average molecular weight is 472 g/mol. The summed E-state index contributed by atoms with van der Waals surface area (Å²) in [4.78, 5) is 4.54. The zero-order valence-corrected chi connectivity index (χ0v) is 17.8. The summed E-state index contributed by atoms with van der Waals surface area (Å²) in [5.41, 5.74) is 2.06. The van der Waals surface area contributed by atoms with Gasteiger partial charge in [0.2, 0.25) is 0 Å². The molecule has 0 aliphatic carbocycles. The van der Waals surface area contributed by atoms with Crippen LogP contribution >= 0.6 is 24.0 Å². The molecule has 0 spiro atoms. The van der Waals surface area contributed by atoms with Gasteiger partial charge in [0, 0.05) is 20.1 Å². The molecular weight excluding hydrogens is 446 g/mol. The molecule has 0 amide bonds. The topological polar surface area (TPSA) is 67.1 Å². The molecule has 2 N–H and O–H groups in total. The first-order chi connectivity index (χ1) is 12.0. The Hall–Kier alpha value is -1.97. The van der Waals surface area contributed by atoms with Gasteiger partial charge in [0.25, 0.3) is 0 Å². The Labute approximate surface area is 171 Å². The van der Waals surface area contributed by atoms with Gasteiger partial charge in [-0.05, 0) is 43.5 Å². The maximum Gasteiger partial charge on any atom is 0.191 e. The van der Waals surface area contributed by atoms with Crippen molar-refractivity contribution in [3.8, 4) is 0 Å². The fourth-order valence-electron chi connectivity index (χ4n) is 2.34. The maximum atomic E-state index is 13.2. The summed E-state index contributed by atoms with van der Waals surface area (Å²) in [7, 11) is 1.92. The van der Waals surface area contributed by atoms with Crippen molar-refractivity contribution in [2.24, 2.45) is 12.0 Å². The van der Waals surface area contributed by atoms with Gasteiger partial charge in [0.05, 0.1) is 0 Å². The SMILES string of the molecule is C=CCNC(=NCc1nnc(C)n1C)NCCc1ccc(F)cc1C.I. The zero-order chi connectivity index (χ0) is 18.2. The molecule has 8 heteroatoms. The number of nitrogens with zero attached hydrogens (tertiary/aromatic N) is 4. The lowest BCUT2D eigenvalue weighted by atomic mass is 10.1. The third kappa shape index (κ3) is 6.40. The Morgan fingerprint density at radius 3 is 2.69 bits per heavy atom. The standard InChI is InChI=1S/C18H25FN6.HI/c1-5-9-20-18(22-12-17-24-23-14(3)25(17)4)21-10-8-15-6-7-16(19)11-13(15)2;/h5-7,11H,1,8-10,12H2,2-4H3,(H2,20,21,22);1H. The predicted octanol–water partition coefficient (Wildman–Crippen LogP) is 2.65. The fraction of sp³-hybridized carbons (Fsp3) is 0.389. The van der Waals surface area contributed by atoms with Crippen molar-refractivity contribution in [3.05, 3.63) is 59.4 Å². The van der Waals surface area contributed by atoms with Crippen LogP contribution in [0.1, 0.15) is 22.8 Å². The van der Waals surface area contributed by atoms with Crippen molar-refractivity contribution in [1.82, 2.24) is 25.4 Å². The van der Waals surface area contributed by atoms with Crippen molar-refractivity contribution in [3.63, 3.8) is 0 Å². The zero-order valence-electron chi connectivity index (χ0n) is 15.4. The van der Waals surface area contributed by atoms with E-state index in [1.807, 2.05) is 31.5 Å². The predicted molar refractivity (Wildman–Crippen MR) is 113 cm³/mol. The second kappa shape index (κ2) is 10.9. The molecule has 1 aromatic carbocycles. The molecule has 26 heavy (non-hydrogen) atoms. The maximum absolute atomic E-state index is 13.2. The van der Waals surface area contributed by atoms with Gasteiger partial charge in [-0.15, -0.1) is 40.8 Å². The summed E-state index contributed by atoms with van der Waals surface area (Å²) in [5, 5.41) is 14.6. The molecule has 0 aliphatic heterocycles. The number of aryl methyl sites for hydroxylation is 2. The Morgan fingerprint density at radius 1 is 1.31 bits per heavy atom. The lowest BCUT2D eigenvalue weighted by molar-refractivity contribution is 0.625. The number of aliphatic imine (C=N–C) groups is 1. The first-order valence-corrected chi connectivity index (χ1v) is 8.24. The van der Waals surface area contributed by atoms with Gasteiger partial charge in [-0.3, -0.25) is 0 Å². The Bertz CT molecular complexity index is 756. The Balaban J connectivity index is 0.00000338. The molecule has 0 aliphatic rings. The minimum atomic E-state index is -0.205. The van der Waals surface area contributed by atoms with Crippen LogP contribution in [-0.2, 0) is 20.0 Å². The second-order valence-electron chi connectivity index (χ2n) is 5.80. The molecule has 0 saturated heterocycles. The fourth-order valence-corrected chi connectivity index (χ4v) is 2.34. The number of aromatic nitrogens is 3. The van der Waals surface area contributed by atoms with Crippen LogP contribution in [0.3, 0.4) is 0 Å². The van der Waals surface area contributed by atoms with Gasteiger partial charge < -0.3 is 15.2 Å². The number of hydrogen-bond acceptors (Lipinski definition) is 3. The first-order valence-electron chi connectivity index (χ1n) is 8.24. The lowest BCUT2D eigenvalue weighted by Crippen LogP contribution is -2.38. The Kier molecular flexibility index (Phi) is 9.25. The average Bonchev–Trinajstić information content (AvgIpc) is 2.90. The third-order valence-electron chi connectivity index (χ3n) is 3.97. The van der Waals surface area contributed by atoms with Gasteiger partial charge in [0.15, 0.2) is 11.8 Å². The summed E-state index contributed by atoms with van der Waals surface area (Å²) in [6.07, 6.45) is 2.55. The van der Waals surface area contributed by atoms with Crippen molar-refractivity contribution >= 4 is 29.9 Å². The van der Waals surface area contributed by atoms with Crippen LogP contribution in [0.4, 0.5) is 4.39 Å². The van der Waals surface area contributed by atoms with E-state index in [1.54, 1.807) is 12.1 Å². The van der Waals surface area contributed by atoms with Crippen LogP contribution in [0, 0.1) is 19.7 Å². The van der Waals surface area contributed by atoms with E-state index in [1.165, 1.54) is 6.07 Å². The molecule has 1 heterocycles. The van der Waals surface area contributed by atoms with E-state index >= 15 is 0 Å². The number of nitrogens with one attached hydrogen (secondary N) is 2. The van der Waals surface area contributed by atoms with Gasteiger partial charge >= 0.3 is 0 Å². The quantitative estimate of drug-likeness (QED) is 0.282. The third-order valence-corrected chi connectivity index (χ3v) is 3.97. The van der Waals surface area contributed by atoms with Crippen LogP contribution in [0.5, 0.6) is 0 Å². The van der Waals surface area contributed by atoms with Crippen molar-refractivity contribution in [1.29, 1.82) is 0 Å². The molecule has 2 aromatic rings. The van der Waals surface area contributed by atoms with E-state index < -0.39 is 0 Å². The molecule has 0 fully saturated rings. The number of guanidine groups is 1. The smallest absolute Gasteiger partial charge is 0.191 e. The van der Waals surface area contributed by atoms with Crippen LogP contribution in [0.15, 0.2) is 35.8 Å². The summed E-state index contributed by atoms with van der Waals surface area (Å²) in [6.45, 7) is 9.26. The highest BCUT2D eigenvalue weighted by Gasteiger charge is 2.05. The van der Waals surface area contributed by atoms with Gasteiger partial charge in [-0.2, -0.15) is 0 Å². The summed E-state index contributed by atoms with van der Waals surface area (Å²) < 4.78 is 15.1. The van der Waals surface area contributed by atoms with Crippen LogP contribution in [0.25, 0.3) is 0 Å². The van der Waals surface area contributed by atoms with Crippen molar-refractivity contribution in [2.45, 2.75) is 26.8 Å². The molecule has 2 rings (SSSR count). The second-order valence-corrected chi connectivity index (χ2v) is 5.80. The van der Waals surface area contributed by atoms with E-state index in [2.05, 4.69) is 32.4 Å². The van der Waals surface area contributed by atoms with E-state index in [9.17, 15) is 4.39 Å². The minimum absolute atomic E-state index is 0. The van der Waals surface area contributed by atoms with E-state index in [0.29, 0.717) is 25.6 Å². The summed E-state index contributed by atoms with van der Waals surface area (Å²) >= 11 is 0. The van der Waals surface area contributed by atoms with Gasteiger partial charge in [-0.1, -0.05) is 12.1 Å². The van der Waals surface area contributed by atoms with Crippen LogP contribution in [0.2, 0.25) is 0 Å². The molecule has 6 nitrogen and oxygen atoms in total. The monoisotopic (exact) mass is 472 g/mol. The number of rotatable bonds is 7. The highest BCUT2D eigenvalue weighted by atomic mass is 127. The molecule has 142 valence electrons. The number of hydrogen-bond donors (Lipinski definition) is 2. The first kappa shape index (κ1) is 22.1. The molecule has 0 saturated carbocycles. The number of benzene rings is 1. The normalized spacial score (nSPS) is 11.0. The molecule has 0 unspecified atom stereocenters. The molecule has 0 radical (unpaired) electrons. The number of halogens is 2. The summed E-state index contributed by atoms with van der Waals surface area (Å²) in [5.74, 6) is 2.13. The highest BCUT2D eigenvalue weighted by Crippen LogP contribution is 2.10. The molecule has 1 aromatic heterocycles. The largest absolute Gasteiger partial charge is 0.356 e. The van der Waals surface area contributed by atoms with Crippen molar-refractivity contribution < 1.29 is 4.39 Å². The van der Waals surface area contributed by atoms with E-state index in [4.69, 9.17) is 0 Å². The molecule has 0 atom stereocenters. The van der Waals surface area contributed by atoms with E-state index in [0.717, 1.165) is 29.2 Å². The Morgan fingerprint density at radius 2 is 2.08 bits per heavy atom. The molecule has 0 bridgehead atoms. The van der Waals surface area contributed by atoms with Crippen LogP contribution in [-0.4, -0.2) is 33.8 Å².